The van der Waals surface area contributed by atoms with Crippen molar-refractivity contribution in [2.45, 2.75) is 0 Å². The van der Waals surface area contributed by atoms with Crippen molar-refractivity contribution >= 4 is 23.2 Å². The maximum Gasteiger partial charge on any atom is 0.291 e. The number of amides is 2. The number of carbonyl (C=O) groups excluding carboxylic acids is 2. The number of benzene rings is 2. The highest BCUT2D eigenvalue weighted by atomic mass is 19.1. The van der Waals surface area contributed by atoms with Crippen LogP contribution >= 0.6 is 0 Å². The molecule has 2 N–H and O–H groups in total. The van der Waals surface area contributed by atoms with Crippen molar-refractivity contribution < 1.29 is 23.1 Å². The Bertz CT molecular complexity index is 995. The summed E-state index contributed by atoms with van der Waals surface area (Å²) in [6, 6.07) is 13.9. The molecular weight excluding hydrogens is 339 g/mol. The Labute approximate surface area is 147 Å². The number of halogens is 1. The third kappa shape index (κ3) is 3.14. The lowest BCUT2D eigenvalue weighted by Gasteiger charge is -2.18. The number of fused-ring (bicyclic) bond motifs is 1. The highest BCUT2D eigenvalue weighted by Gasteiger charge is 2.18. The predicted octanol–water partition coefficient (Wildman–Crippen LogP) is 3.67. The van der Waals surface area contributed by atoms with E-state index in [9.17, 15) is 14.0 Å². The van der Waals surface area contributed by atoms with Gasteiger partial charge in [0.2, 0.25) is 0 Å². The molecular formula is C19H13FN2O4. The zero-order valence-electron chi connectivity index (χ0n) is 13.4. The van der Waals surface area contributed by atoms with Crippen LogP contribution < -0.4 is 15.4 Å². The maximum atomic E-state index is 13.0. The summed E-state index contributed by atoms with van der Waals surface area (Å²) in [7, 11) is 0. The van der Waals surface area contributed by atoms with Gasteiger partial charge in [-0.25, -0.2) is 4.39 Å². The Morgan fingerprint density at radius 2 is 1.88 bits per heavy atom. The summed E-state index contributed by atoms with van der Waals surface area (Å²) in [5, 5.41) is 5.37. The Hall–Kier alpha value is -3.61. The van der Waals surface area contributed by atoms with Crippen LogP contribution in [0.4, 0.5) is 15.8 Å². The summed E-state index contributed by atoms with van der Waals surface area (Å²) in [6.45, 7) is -0.0305. The lowest BCUT2D eigenvalue weighted by molar-refractivity contribution is -0.118. The molecule has 6 nitrogen and oxygen atoms in total. The molecule has 0 spiro atoms. The zero-order chi connectivity index (χ0) is 18.1. The molecule has 0 saturated heterocycles. The van der Waals surface area contributed by atoms with Crippen molar-refractivity contribution in [1.29, 1.82) is 0 Å². The van der Waals surface area contributed by atoms with Gasteiger partial charge in [-0.2, -0.15) is 0 Å². The first-order chi connectivity index (χ1) is 12.6. The van der Waals surface area contributed by atoms with Gasteiger partial charge in [0.15, 0.2) is 12.4 Å². The number of rotatable bonds is 3. The molecule has 26 heavy (non-hydrogen) atoms. The fourth-order valence-electron chi connectivity index (χ4n) is 2.58. The molecule has 4 rings (SSSR count). The van der Waals surface area contributed by atoms with Crippen LogP contribution in [0, 0.1) is 5.82 Å². The Kier molecular flexibility index (Phi) is 3.89. The molecule has 0 atom stereocenters. The van der Waals surface area contributed by atoms with Gasteiger partial charge in [0.25, 0.3) is 11.8 Å². The Morgan fingerprint density at radius 1 is 1.08 bits per heavy atom. The minimum atomic E-state index is -0.443. The fraction of sp³-hybridized carbons (Fsp3) is 0.0526. The average Bonchev–Trinajstić information content (AvgIpc) is 3.12. The number of hydrogen-bond acceptors (Lipinski definition) is 4. The lowest BCUT2D eigenvalue weighted by Crippen LogP contribution is -2.25. The van der Waals surface area contributed by atoms with Gasteiger partial charge in [-0.15, -0.1) is 0 Å². The predicted molar refractivity (Wildman–Crippen MR) is 92.6 cm³/mol. The third-order valence-corrected chi connectivity index (χ3v) is 3.83. The fourth-order valence-corrected chi connectivity index (χ4v) is 2.58. The molecule has 1 aliphatic rings. The first-order valence-electron chi connectivity index (χ1n) is 7.82. The molecule has 7 heteroatoms. The molecule has 3 aromatic rings. The third-order valence-electron chi connectivity index (χ3n) is 3.83. The van der Waals surface area contributed by atoms with Crippen LogP contribution in [0.15, 0.2) is 59.0 Å². The number of nitrogens with one attached hydrogen (secondary N) is 2. The number of carbonyl (C=O) groups is 2. The SMILES string of the molecule is O=C1COc2ccc(NC(=O)c3ccc(-c4ccc(F)cc4)o3)cc2N1. The van der Waals surface area contributed by atoms with Gasteiger partial charge in [0.05, 0.1) is 5.69 Å². The molecule has 1 aliphatic heterocycles. The van der Waals surface area contributed by atoms with Crippen LogP contribution in [0.25, 0.3) is 11.3 Å². The second kappa shape index (κ2) is 6.36. The Morgan fingerprint density at radius 3 is 2.69 bits per heavy atom. The topological polar surface area (TPSA) is 80.6 Å². The van der Waals surface area contributed by atoms with E-state index in [1.807, 2.05) is 0 Å². The number of ether oxygens (including phenoxy) is 1. The monoisotopic (exact) mass is 352 g/mol. The number of hydrogen-bond donors (Lipinski definition) is 2. The summed E-state index contributed by atoms with van der Waals surface area (Å²) in [5.41, 5.74) is 1.64. The number of anilines is 2. The van der Waals surface area contributed by atoms with Gasteiger partial charge in [0.1, 0.15) is 17.3 Å². The normalized spacial score (nSPS) is 12.7. The van der Waals surface area contributed by atoms with E-state index in [1.54, 1.807) is 36.4 Å². The molecule has 2 amide bonds. The molecule has 0 aliphatic carbocycles. The van der Waals surface area contributed by atoms with Crippen LogP contribution in [0.5, 0.6) is 5.75 Å². The van der Waals surface area contributed by atoms with Gasteiger partial charge in [-0.1, -0.05) is 0 Å². The van der Waals surface area contributed by atoms with Crippen molar-refractivity contribution in [3.63, 3.8) is 0 Å². The van der Waals surface area contributed by atoms with E-state index in [-0.39, 0.29) is 24.1 Å². The molecule has 2 heterocycles. The highest BCUT2D eigenvalue weighted by Crippen LogP contribution is 2.31. The molecule has 0 unspecified atom stereocenters. The highest BCUT2D eigenvalue weighted by molar-refractivity contribution is 6.03. The molecule has 0 radical (unpaired) electrons. The molecule has 0 bridgehead atoms. The van der Waals surface area contributed by atoms with Gasteiger partial charge < -0.3 is 19.8 Å². The largest absolute Gasteiger partial charge is 0.482 e. The summed E-state index contributed by atoms with van der Waals surface area (Å²) in [6.07, 6.45) is 0. The van der Waals surface area contributed by atoms with Gasteiger partial charge in [-0.3, -0.25) is 9.59 Å². The summed E-state index contributed by atoms with van der Waals surface area (Å²) >= 11 is 0. The van der Waals surface area contributed by atoms with Gasteiger partial charge in [-0.05, 0) is 54.6 Å². The first kappa shape index (κ1) is 15.9. The van der Waals surface area contributed by atoms with E-state index in [2.05, 4.69) is 10.6 Å². The quantitative estimate of drug-likeness (QED) is 0.754. The van der Waals surface area contributed by atoms with E-state index in [1.165, 1.54) is 18.2 Å². The van der Waals surface area contributed by atoms with Crippen LogP contribution in [0.1, 0.15) is 10.6 Å². The van der Waals surface area contributed by atoms with Crippen molar-refractivity contribution in [2.24, 2.45) is 0 Å². The second-order valence-corrected chi connectivity index (χ2v) is 5.67. The minimum Gasteiger partial charge on any atom is -0.482 e. The zero-order valence-corrected chi connectivity index (χ0v) is 13.4. The molecule has 130 valence electrons. The second-order valence-electron chi connectivity index (χ2n) is 5.67. The van der Waals surface area contributed by atoms with E-state index < -0.39 is 5.91 Å². The summed E-state index contributed by atoms with van der Waals surface area (Å²) in [4.78, 5) is 23.7. The van der Waals surface area contributed by atoms with Crippen LogP contribution in [-0.2, 0) is 4.79 Å². The van der Waals surface area contributed by atoms with Crippen LogP contribution in [0.3, 0.4) is 0 Å². The Balaban J connectivity index is 1.51. The summed E-state index contributed by atoms with van der Waals surface area (Å²) < 4.78 is 23.8. The molecule has 0 saturated carbocycles. The minimum absolute atomic E-state index is 0.0305. The lowest BCUT2D eigenvalue weighted by atomic mass is 10.2. The standard InChI is InChI=1S/C19H13FN2O4/c20-12-3-1-11(2-4-12)15-7-8-17(26-15)19(24)21-13-5-6-16-14(9-13)22-18(23)10-25-16/h1-9H,10H2,(H,21,24)(H,22,23). The molecule has 0 fully saturated rings. The van der Waals surface area contributed by atoms with Crippen LogP contribution in [0.2, 0.25) is 0 Å². The van der Waals surface area contributed by atoms with Gasteiger partial charge >= 0.3 is 0 Å². The smallest absolute Gasteiger partial charge is 0.291 e. The van der Waals surface area contributed by atoms with E-state index in [0.29, 0.717) is 28.4 Å². The maximum absolute atomic E-state index is 13.0. The van der Waals surface area contributed by atoms with Crippen LogP contribution in [-0.4, -0.2) is 18.4 Å². The van der Waals surface area contributed by atoms with E-state index >= 15 is 0 Å². The van der Waals surface area contributed by atoms with E-state index in [0.717, 1.165) is 0 Å². The average molecular weight is 352 g/mol. The molecule has 2 aromatic carbocycles. The first-order valence-corrected chi connectivity index (χ1v) is 7.82. The number of furan rings is 1. The van der Waals surface area contributed by atoms with E-state index in [4.69, 9.17) is 9.15 Å². The van der Waals surface area contributed by atoms with Crippen molar-refractivity contribution in [3.8, 4) is 17.1 Å². The van der Waals surface area contributed by atoms with Crippen molar-refractivity contribution in [3.05, 3.63) is 66.2 Å². The van der Waals surface area contributed by atoms with Crippen molar-refractivity contribution in [1.82, 2.24) is 0 Å². The van der Waals surface area contributed by atoms with Crippen molar-refractivity contribution in [2.75, 3.05) is 17.2 Å². The summed E-state index contributed by atoms with van der Waals surface area (Å²) in [5.74, 6) is 0.0712. The molecule has 1 aromatic heterocycles. The van der Waals surface area contributed by atoms with Gasteiger partial charge in [0, 0.05) is 11.3 Å².